The van der Waals surface area contributed by atoms with Gasteiger partial charge >= 0.3 is 5.63 Å². The highest BCUT2D eigenvalue weighted by atomic mass is 35.5. The molecule has 1 aliphatic heterocycles. The number of hydrogen-bond acceptors (Lipinski definition) is 6. The Bertz CT molecular complexity index is 937. The summed E-state index contributed by atoms with van der Waals surface area (Å²) in [6, 6.07) is 3.34. The number of nitrogens with zero attached hydrogens (tertiary/aromatic N) is 2. The first-order valence-corrected chi connectivity index (χ1v) is 8.48. The van der Waals surface area contributed by atoms with Gasteiger partial charge < -0.3 is 14.1 Å². The van der Waals surface area contributed by atoms with E-state index in [0.29, 0.717) is 29.6 Å². The van der Waals surface area contributed by atoms with Crippen LogP contribution < -0.4 is 15.3 Å². The van der Waals surface area contributed by atoms with Gasteiger partial charge in [-0.3, -0.25) is 0 Å². The number of aromatic nitrogens is 1. The minimum Gasteiger partial charge on any atom is -0.471 e. The molecule has 3 aromatic rings. The van der Waals surface area contributed by atoms with Crippen LogP contribution in [0.15, 0.2) is 32.9 Å². The predicted molar refractivity (Wildman–Crippen MR) is 90.7 cm³/mol. The molecule has 0 N–H and O–H groups in total. The van der Waals surface area contributed by atoms with Crippen LogP contribution in [0.5, 0.6) is 5.75 Å². The van der Waals surface area contributed by atoms with Crippen molar-refractivity contribution in [3.63, 3.8) is 0 Å². The third-order valence-corrected chi connectivity index (χ3v) is 5.02. The van der Waals surface area contributed by atoms with Crippen LogP contribution in [0.3, 0.4) is 0 Å². The van der Waals surface area contributed by atoms with Crippen molar-refractivity contribution in [2.45, 2.75) is 19.9 Å². The molecule has 7 heteroatoms. The van der Waals surface area contributed by atoms with Gasteiger partial charge in [-0.15, -0.1) is 11.3 Å². The summed E-state index contributed by atoms with van der Waals surface area (Å²) in [6.07, 6.45) is 2.48. The first-order chi connectivity index (χ1) is 11.2. The van der Waals surface area contributed by atoms with Crippen LogP contribution in [-0.2, 0) is 13.0 Å². The number of thiazole rings is 1. The van der Waals surface area contributed by atoms with E-state index in [1.54, 1.807) is 6.20 Å². The molecule has 0 bridgehead atoms. The summed E-state index contributed by atoms with van der Waals surface area (Å²) in [4.78, 5) is 18.2. The number of fused-ring (bicyclic) bond motifs is 3. The molecule has 0 amide bonds. The molecule has 1 aliphatic rings. The van der Waals surface area contributed by atoms with Crippen molar-refractivity contribution in [2.75, 3.05) is 11.6 Å². The minimum absolute atomic E-state index is 0.356. The summed E-state index contributed by atoms with van der Waals surface area (Å²) in [5, 5.41) is 4.17. The number of halogens is 1. The van der Waals surface area contributed by atoms with Gasteiger partial charge in [-0.25, -0.2) is 9.78 Å². The Hall–Kier alpha value is -2.05. The highest BCUT2D eigenvalue weighted by molar-refractivity contribution is 7.13. The Balaban J connectivity index is 1.94. The second-order valence-electron chi connectivity index (χ2n) is 5.27. The quantitative estimate of drug-likeness (QED) is 0.659. The molecular formula is C16H13ClN2O3S. The zero-order valence-corrected chi connectivity index (χ0v) is 13.9. The van der Waals surface area contributed by atoms with E-state index < -0.39 is 0 Å². The van der Waals surface area contributed by atoms with Crippen molar-refractivity contribution in [1.29, 1.82) is 0 Å². The summed E-state index contributed by atoms with van der Waals surface area (Å²) in [7, 11) is 0. The van der Waals surface area contributed by atoms with Crippen LogP contribution >= 0.6 is 22.9 Å². The lowest BCUT2D eigenvalue weighted by Gasteiger charge is -2.29. The highest BCUT2D eigenvalue weighted by Crippen LogP contribution is 2.40. The SMILES string of the molecule is CCc1cc(=O)oc2c3c(c(Cl)cc12)OCN(c1nccs1)C3. The number of hydrogen-bond donors (Lipinski definition) is 0. The molecule has 3 heterocycles. The average Bonchev–Trinajstić information content (AvgIpc) is 3.09. The lowest BCUT2D eigenvalue weighted by atomic mass is 10.0. The van der Waals surface area contributed by atoms with Crippen LogP contribution in [0.2, 0.25) is 5.02 Å². The average molecular weight is 349 g/mol. The topological polar surface area (TPSA) is 55.6 Å². The van der Waals surface area contributed by atoms with E-state index in [1.165, 1.54) is 17.4 Å². The molecule has 0 radical (unpaired) electrons. The Labute approximate surface area is 141 Å². The zero-order chi connectivity index (χ0) is 16.0. The smallest absolute Gasteiger partial charge is 0.336 e. The molecule has 5 nitrogen and oxygen atoms in total. The van der Waals surface area contributed by atoms with Gasteiger partial charge in [0.05, 0.1) is 17.1 Å². The van der Waals surface area contributed by atoms with Crippen LogP contribution in [0.1, 0.15) is 18.1 Å². The number of anilines is 1. The first kappa shape index (κ1) is 14.5. The summed E-state index contributed by atoms with van der Waals surface area (Å²) in [5.74, 6) is 0.586. The molecule has 0 spiro atoms. The molecule has 4 rings (SSSR count). The van der Waals surface area contributed by atoms with E-state index in [9.17, 15) is 4.79 Å². The summed E-state index contributed by atoms with van der Waals surface area (Å²) in [5.41, 5.74) is 1.91. The maximum Gasteiger partial charge on any atom is 0.336 e. The van der Waals surface area contributed by atoms with E-state index in [2.05, 4.69) is 4.98 Å². The zero-order valence-electron chi connectivity index (χ0n) is 12.3. The molecule has 0 saturated carbocycles. The number of aryl methyl sites for hydroxylation is 1. The van der Waals surface area contributed by atoms with Crippen molar-refractivity contribution >= 4 is 39.0 Å². The normalized spacial score (nSPS) is 13.9. The Morgan fingerprint density at radius 1 is 1.43 bits per heavy atom. The Morgan fingerprint density at radius 3 is 3.04 bits per heavy atom. The van der Waals surface area contributed by atoms with Crippen LogP contribution in [0.4, 0.5) is 5.13 Å². The summed E-state index contributed by atoms with van der Waals surface area (Å²) >= 11 is 7.92. The maximum absolute atomic E-state index is 11.9. The van der Waals surface area contributed by atoms with Gasteiger partial charge in [0.15, 0.2) is 11.9 Å². The second kappa shape index (κ2) is 5.54. The van der Waals surface area contributed by atoms with E-state index in [4.69, 9.17) is 20.8 Å². The van der Waals surface area contributed by atoms with Crippen molar-refractivity contribution in [3.8, 4) is 5.75 Å². The van der Waals surface area contributed by atoms with Crippen molar-refractivity contribution in [3.05, 3.63) is 50.3 Å². The fraction of sp³-hybridized carbons (Fsp3) is 0.250. The first-order valence-electron chi connectivity index (χ1n) is 7.22. The third kappa shape index (κ3) is 2.38. The van der Waals surface area contributed by atoms with E-state index in [0.717, 1.165) is 28.1 Å². The maximum atomic E-state index is 11.9. The van der Waals surface area contributed by atoms with E-state index in [-0.39, 0.29) is 5.63 Å². The van der Waals surface area contributed by atoms with Gasteiger partial charge in [-0.2, -0.15) is 0 Å². The molecule has 0 saturated heterocycles. The molecule has 0 fully saturated rings. The fourth-order valence-electron chi connectivity index (χ4n) is 2.84. The largest absolute Gasteiger partial charge is 0.471 e. The lowest BCUT2D eigenvalue weighted by molar-refractivity contribution is 0.289. The van der Waals surface area contributed by atoms with Gasteiger partial charge in [0.2, 0.25) is 0 Å². The molecular weight excluding hydrogens is 336 g/mol. The minimum atomic E-state index is -0.356. The Morgan fingerprint density at radius 2 is 2.30 bits per heavy atom. The van der Waals surface area contributed by atoms with Gasteiger partial charge in [0.25, 0.3) is 0 Å². The van der Waals surface area contributed by atoms with Crippen molar-refractivity contribution in [1.82, 2.24) is 4.98 Å². The number of benzene rings is 1. The van der Waals surface area contributed by atoms with Crippen LogP contribution in [-0.4, -0.2) is 11.7 Å². The number of ether oxygens (including phenoxy) is 1. The van der Waals surface area contributed by atoms with Crippen LogP contribution in [0, 0.1) is 0 Å². The summed E-state index contributed by atoms with van der Waals surface area (Å²) < 4.78 is 11.3. The third-order valence-electron chi connectivity index (χ3n) is 3.91. The predicted octanol–water partition coefficient (Wildman–Crippen LogP) is 3.82. The molecule has 1 aromatic carbocycles. The van der Waals surface area contributed by atoms with Crippen molar-refractivity contribution in [2.24, 2.45) is 0 Å². The summed E-state index contributed by atoms with van der Waals surface area (Å²) in [6.45, 7) is 2.90. The van der Waals surface area contributed by atoms with Crippen LogP contribution in [0.25, 0.3) is 11.0 Å². The lowest BCUT2D eigenvalue weighted by Crippen LogP contribution is -2.32. The molecule has 0 unspecified atom stereocenters. The van der Waals surface area contributed by atoms with E-state index >= 15 is 0 Å². The Kier molecular flexibility index (Phi) is 3.50. The van der Waals surface area contributed by atoms with E-state index in [1.807, 2.05) is 23.3 Å². The monoisotopic (exact) mass is 348 g/mol. The van der Waals surface area contributed by atoms with Gasteiger partial charge in [0.1, 0.15) is 11.3 Å². The van der Waals surface area contributed by atoms with Gasteiger partial charge in [-0.1, -0.05) is 18.5 Å². The second-order valence-corrected chi connectivity index (χ2v) is 6.55. The molecule has 0 aliphatic carbocycles. The fourth-order valence-corrected chi connectivity index (χ4v) is 3.75. The molecule has 2 aromatic heterocycles. The highest BCUT2D eigenvalue weighted by Gasteiger charge is 2.26. The van der Waals surface area contributed by atoms with Gasteiger partial charge in [-0.05, 0) is 18.1 Å². The van der Waals surface area contributed by atoms with Gasteiger partial charge in [0, 0.05) is 23.0 Å². The molecule has 118 valence electrons. The van der Waals surface area contributed by atoms with Crippen molar-refractivity contribution < 1.29 is 9.15 Å². The molecule has 0 atom stereocenters. The number of rotatable bonds is 2. The molecule has 23 heavy (non-hydrogen) atoms. The standard InChI is InChI=1S/C16H13ClN2O3S/c1-2-9-5-13(20)22-14-10(9)6-12(17)15-11(14)7-19(8-21-15)16-18-3-4-23-16/h3-6H,2,7-8H2,1H3.